The van der Waals surface area contributed by atoms with Crippen molar-refractivity contribution in [2.75, 3.05) is 80.0 Å². The van der Waals surface area contributed by atoms with Crippen molar-refractivity contribution in [2.45, 2.75) is 0 Å². The molecule has 0 aromatic heterocycles. The Bertz CT molecular complexity index is 62.0. The summed E-state index contributed by atoms with van der Waals surface area (Å²) in [6, 6.07) is 0. The molecule has 0 aliphatic rings. The summed E-state index contributed by atoms with van der Waals surface area (Å²) < 4.78 is 0. The van der Waals surface area contributed by atoms with Gasteiger partial charge < -0.3 is 7.43 Å². The maximum absolute atomic E-state index is 2.23. The van der Waals surface area contributed by atoms with E-state index in [1.165, 1.54) is 0 Å². The van der Waals surface area contributed by atoms with E-state index < -0.39 is 0 Å². The van der Waals surface area contributed by atoms with Gasteiger partial charge in [-0.2, -0.15) is 0 Å². The van der Waals surface area contributed by atoms with Crippen LogP contribution in [0.15, 0.2) is 0 Å². The smallest absolute Gasteiger partial charge is 0 e. The Labute approximate surface area is 139 Å². The molecule has 0 aromatic carbocycles. The van der Waals surface area contributed by atoms with Gasteiger partial charge in [0.05, 0.1) is 0 Å². The molecule has 0 rings (SSSR count). The summed E-state index contributed by atoms with van der Waals surface area (Å²) >= 11 is 0. The van der Waals surface area contributed by atoms with Crippen molar-refractivity contribution >= 4 is 31.7 Å². The van der Waals surface area contributed by atoms with Gasteiger partial charge in [0.25, 0.3) is 0 Å². The fraction of sp³-hybridized carbons (Fsp3) is 0.923. The molecule has 0 unspecified atom stereocenters. The Balaban J connectivity index is -0.0000000257. The van der Waals surface area contributed by atoms with Crippen LogP contribution < -0.4 is 0 Å². The summed E-state index contributed by atoms with van der Waals surface area (Å²) in [5.41, 5.74) is 0. The third-order valence-corrected chi connectivity index (χ3v) is 0. The van der Waals surface area contributed by atoms with Gasteiger partial charge in [-0.05, 0) is 80.0 Å². The van der Waals surface area contributed by atoms with Crippen LogP contribution in [-0.2, 0) is 20.1 Å². The molecule has 1 radical (unpaired) electrons. The average Bonchev–Trinajstić information content (AvgIpc) is 1.76. The first-order valence-electron chi connectivity index (χ1n) is 5.37. The molecule has 0 heterocycles. The molecule has 0 fully saturated rings. The second-order valence-electron chi connectivity index (χ2n) is 5.37. The maximum Gasteiger partial charge on any atom is 0 e. The Kier molecular flexibility index (Phi) is 65.1. The monoisotopic (exact) mass is 512 g/mol. The van der Waals surface area contributed by atoms with Crippen molar-refractivity contribution in [3.05, 3.63) is 7.43 Å². The van der Waals surface area contributed by atoms with E-state index in [4.69, 9.17) is 0 Å². The summed E-state index contributed by atoms with van der Waals surface area (Å²) in [5.74, 6) is 0. The molecular weight excluding hydrogens is 472 g/mol. The molecule has 5 heteroatoms. The zero-order valence-corrected chi connectivity index (χ0v) is 21.1. The van der Waals surface area contributed by atoms with Crippen molar-refractivity contribution in [3.63, 3.8) is 0 Å². The third-order valence-electron chi connectivity index (χ3n) is 0. The van der Waals surface area contributed by atoms with Crippen LogP contribution in [0.2, 0.25) is 0 Å². The van der Waals surface area contributed by atoms with E-state index in [9.17, 15) is 0 Å². The predicted molar refractivity (Wildman–Crippen MR) is 105 cm³/mol. The van der Waals surface area contributed by atoms with Crippen LogP contribution >= 0.6 is 31.7 Å². The van der Waals surface area contributed by atoms with Gasteiger partial charge in [0, 0.05) is 20.1 Å². The number of hydrogen-bond acceptors (Lipinski definition) is 0. The number of hydrogen-bond donors (Lipinski definition) is 0. The molecule has 0 aromatic rings. The fourth-order valence-electron chi connectivity index (χ4n) is 0. The van der Waals surface area contributed by atoms with Crippen LogP contribution in [0.3, 0.4) is 0 Å². The Morgan fingerprint density at radius 1 is 0.333 bits per heavy atom. The third kappa shape index (κ3) is 987. The van der Waals surface area contributed by atoms with E-state index in [1.807, 2.05) is 0 Å². The van der Waals surface area contributed by atoms with Crippen molar-refractivity contribution in [2.24, 2.45) is 0 Å². The molecule has 0 bridgehead atoms. The molecule has 18 heavy (non-hydrogen) atoms. The van der Waals surface area contributed by atoms with Gasteiger partial charge in [0.2, 0.25) is 0 Å². The average molecular weight is 512 g/mol. The first-order valence-corrected chi connectivity index (χ1v) is 16.1. The normalized spacial score (nSPS) is 8.00. The molecule has 0 aliphatic heterocycles. The molecule has 0 atom stereocenters. The zero-order valence-electron chi connectivity index (χ0n) is 15.1. The minimum Gasteiger partial charge on any atom is -0.358 e. The standard InChI is InChI=1S/4C3H9P.CH3.Ir/c4*1-4(2)3;;/h4*1-3H3;1H3;/q;;;;-1;. The maximum atomic E-state index is 2.23. The number of rotatable bonds is 0. The second-order valence-corrected chi connectivity index (χ2v) is 16.1. The van der Waals surface area contributed by atoms with Gasteiger partial charge in [-0.25, -0.2) is 0 Å². The first kappa shape index (κ1) is 37.0. The summed E-state index contributed by atoms with van der Waals surface area (Å²) in [7, 11) is 1.52. The van der Waals surface area contributed by atoms with E-state index in [1.54, 1.807) is 0 Å². The van der Waals surface area contributed by atoms with Gasteiger partial charge >= 0.3 is 0 Å². The van der Waals surface area contributed by atoms with E-state index in [0.717, 1.165) is 0 Å². The van der Waals surface area contributed by atoms with Crippen LogP contribution in [0.25, 0.3) is 0 Å². The molecule has 0 spiro atoms. The Morgan fingerprint density at radius 2 is 0.333 bits per heavy atom. The van der Waals surface area contributed by atoms with Crippen molar-refractivity contribution in [1.82, 2.24) is 0 Å². The Hall–Kier alpha value is 2.37. The largest absolute Gasteiger partial charge is 0.358 e. The topological polar surface area (TPSA) is 0 Å². The van der Waals surface area contributed by atoms with Gasteiger partial charge in [-0.15, -0.1) is 31.7 Å². The van der Waals surface area contributed by atoms with Gasteiger partial charge in [0.15, 0.2) is 0 Å². The van der Waals surface area contributed by atoms with Gasteiger partial charge in [0.1, 0.15) is 0 Å². The molecule has 0 N–H and O–H groups in total. The van der Waals surface area contributed by atoms with Crippen LogP contribution in [-0.4, -0.2) is 80.0 Å². The summed E-state index contributed by atoms with van der Waals surface area (Å²) in [6.45, 7) is 26.8. The van der Waals surface area contributed by atoms with Crippen LogP contribution in [0.5, 0.6) is 0 Å². The Morgan fingerprint density at radius 3 is 0.333 bits per heavy atom. The van der Waals surface area contributed by atoms with E-state index in [0.29, 0.717) is 31.7 Å². The van der Waals surface area contributed by atoms with Gasteiger partial charge in [-0.3, -0.25) is 0 Å². The SMILES string of the molecule is CP(C)C.CP(C)C.CP(C)C.CP(C)C.[CH3-].[Ir]. The summed E-state index contributed by atoms with van der Waals surface area (Å²) in [5, 5.41) is 0. The minimum absolute atomic E-state index is 0. The van der Waals surface area contributed by atoms with Gasteiger partial charge in [-0.1, -0.05) is 0 Å². The molecule has 0 aliphatic carbocycles. The van der Waals surface area contributed by atoms with E-state index >= 15 is 0 Å². The van der Waals surface area contributed by atoms with Crippen LogP contribution in [0.1, 0.15) is 0 Å². The molecule has 0 saturated carbocycles. The molecular formula is C13H39IrP4-. The minimum atomic E-state index is 0. The molecule has 0 saturated heterocycles. The van der Waals surface area contributed by atoms with Crippen LogP contribution in [0.4, 0.5) is 0 Å². The van der Waals surface area contributed by atoms with E-state index in [2.05, 4.69) is 80.0 Å². The predicted octanol–water partition coefficient (Wildman–Crippen LogP) is 5.88. The molecule has 0 amide bonds. The van der Waals surface area contributed by atoms with E-state index in [-0.39, 0.29) is 27.5 Å². The fourth-order valence-corrected chi connectivity index (χ4v) is 0. The summed E-state index contributed by atoms with van der Waals surface area (Å²) in [6.07, 6.45) is 0. The van der Waals surface area contributed by atoms with Crippen LogP contribution in [0, 0.1) is 7.43 Å². The first-order chi connectivity index (χ1) is 6.93. The molecule has 121 valence electrons. The van der Waals surface area contributed by atoms with Crippen molar-refractivity contribution < 1.29 is 20.1 Å². The van der Waals surface area contributed by atoms with Crippen molar-refractivity contribution in [3.8, 4) is 0 Å². The van der Waals surface area contributed by atoms with Crippen molar-refractivity contribution in [1.29, 1.82) is 0 Å². The molecule has 0 nitrogen and oxygen atoms in total. The second kappa shape index (κ2) is 31.7. The zero-order chi connectivity index (χ0) is 14.3. The summed E-state index contributed by atoms with van der Waals surface area (Å²) in [4.78, 5) is 0. The quantitative estimate of drug-likeness (QED) is 0.282.